The maximum absolute atomic E-state index is 11.6. The number of aromatic nitrogens is 2. The summed E-state index contributed by atoms with van der Waals surface area (Å²) < 4.78 is 11.7. The molecule has 4 aromatic rings. The van der Waals surface area contributed by atoms with Crippen molar-refractivity contribution >= 4 is 5.97 Å². The molecule has 0 spiro atoms. The van der Waals surface area contributed by atoms with Crippen molar-refractivity contribution in [1.29, 1.82) is 0 Å². The first-order chi connectivity index (χ1) is 15.2. The number of para-hydroxylation sites is 1. The molecule has 1 atom stereocenters. The van der Waals surface area contributed by atoms with Crippen molar-refractivity contribution in [2.24, 2.45) is 0 Å². The number of nitrogens with zero attached hydrogens (tertiary/aromatic N) is 1. The van der Waals surface area contributed by atoms with Gasteiger partial charge in [0.2, 0.25) is 0 Å². The summed E-state index contributed by atoms with van der Waals surface area (Å²) in [5.41, 5.74) is 1.88. The molecule has 6 nitrogen and oxygen atoms in total. The van der Waals surface area contributed by atoms with E-state index in [0.29, 0.717) is 24.6 Å². The van der Waals surface area contributed by atoms with Crippen LogP contribution in [0.25, 0.3) is 0 Å². The van der Waals surface area contributed by atoms with E-state index >= 15 is 0 Å². The Bertz CT molecular complexity index is 1110. The Labute approximate surface area is 180 Å². The first-order valence-electron chi connectivity index (χ1n) is 9.93. The molecular formula is C25H22N2O4. The fourth-order valence-electron chi connectivity index (χ4n) is 3.22. The van der Waals surface area contributed by atoms with E-state index in [4.69, 9.17) is 9.47 Å². The molecule has 2 N–H and O–H groups in total. The highest BCUT2D eigenvalue weighted by Gasteiger charge is 2.22. The second kappa shape index (κ2) is 9.63. The number of hydrogen-bond acceptors (Lipinski definition) is 4. The van der Waals surface area contributed by atoms with Crippen LogP contribution >= 0.6 is 0 Å². The zero-order valence-electron chi connectivity index (χ0n) is 16.8. The van der Waals surface area contributed by atoms with Gasteiger partial charge in [-0.25, -0.2) is 4.98 Å². The molecule has 0 aliphatic carbocycles. The summed E-state index contributed by atoms with van der Waals surface area (Å²) in [6.45, 7) is 0.398. The van der Waals surface area contributed by atoms with Crippen molar-refractivity contribution in [2.45, 2.75) is 18.9 Å². The SMILES string of the molecule is O=C(O)C(Cc1ccc(OCc2cccc(Oc3ccccc3)c2)cc1)c1ncc[nH]1. The van der Waals surface area contributed by atoms with E-state index in [1.54, 1.807) is 12.4 Å². The maximum Gasteiger partial charge on any atom is 0.314 e. The smallest absolute Gasteiger partial charge is 0.314 e. The third kappa shape index (κ3) is 5.51. The van der Waals surface area contributed by atoms with Crippen molar-refractivity contribution in [3.05, 3.63) is 108 Å². The average molecular weight is 414 g/mol. The highest BCUT2D eigenvalue weighted by molar-refractivity contribution is 5.75. The van der Waals surface area contributed by atoms with Crippen LogP contribution in [-0.2, 0) is 17.8 Å². The number of imidazole rings is 1. The molecule has 0 bridgehead atoms. The molecule has 31 heavy (non-hydrogen) atoms. The standard InChI is InChI=1S/C25H22N2O4/c28-25(29)23(24-26-13-14-27-24)16-18-9-11-20(12-10-18)30-17-19-5-4-8-22(15-19)31-21-6-2-1-3-7-21/h1-15,23H,16-17H2,(H,26,27)(H,28,29). The van der Waals surface area contributed by atoms with Crippen molar-refractivity contribution in [2.75, 3.05) is 0 Å². The molecule has 0 saturated heterocycles. The second-order valence-corrected chi connectivity index (χ2v) is 7.06. The quantitative estimate of drug-likeness (QED) is 0.394. The molecule has 0 amide bonds. The number of aliphatic carboxylic acids is 1. The third-order valence-corrected chi connectivity index (χ3v) is 4.79. The second-order valence-electron chi connectivity index (χ2n) is 7.06. The number of carboxylic acids is 1. The minimum atomic E-state index is -0.909. The fourth-order valence-corrected chi connectivity index (χ4v) is 3.22. The van der Waals surface area contributed by atoms with Gasteiger partial charge in [0, 0.05) is 12.4 Å². The number of carboxylic acid groups (broad SMARTS) is 1. The van der Waals surface area contributed by atoms with Gasteiger partial charge < -0.3 is 19.6 Å². The van der Waals surface area contributed by atoms with Gasteiger partial charge in [-0.3, -0.25) is 4.79 Å². The van der Waals surface area contributed by atoms with Gasteiger partial charge in [-0.2, -0.15) is 0 Å². The summed E-state index contributed by atoms with van der Waals surface area (Å²) in [5.74, 6) is 1.07. The highest BCUT2D eigenvalue weighted by Crippen LogP contribution is 2.24. The Hall–Kier alpha value is -4.06. The van der Waals surface area contributed by atoms with Crippen molar-refractivity contribution in [3.63, 3.8) is 0 Å². The molecule has 4 rings (SSSR count). The summed E-state index contributed by atoms with van der Waals surface area (Å²) in [7, 11) is 0. The summed E-state index contributed by atoms with van der Waals surface area (Å²) in [6.07, 6.45) is 3.53. The molecule has 0 aliphatic heterocycles. The van der Waals surface area contributed by atoms with Crippen molar-refractivity contribution in [1.82, 2.24) is 9.97 Å². The van der Waals surface area contributed by atoms with Gasteiger partial charge in [0.1, 0.15) is 35.6 Å². The molecule has 0 aliphatic rings. The van der Waals surface area contributed by atoms with Gasteiger partial charge in [0.05, 0.1) is 0 Å². The predicted octanol–water partition coefficient (Wildman–Crippen LogP) is 5.19. The van der Waals surface area contributed by atoms with Crippen LogP contribution in [0.3, 0.4) is 0 Å². The molecule has 0 radical (unpaired) electrons. The number of aromatic amines is 1. The van der Waals surface area contributed by atoms with E-state index in [9.17, 15) is 9.90 Å². The Morgan fingerprint density at radius 2 is 1.68 bits per heavy atom. The lowest BCUT2D eigenvalue weighted by atomic mass is 9.99. The van der Waals surface area contributed by atoms with E-state index in [1.807, 2.05) is 78.9 Å². The lowest BCUT2D eigenvalue weighted by Crippen LogP contribution is -2.15. The van der Waals surface area contributed by atoms with Gasteiger partial charge in [-0.1, -0.05) is 42.5 Å². The van der Waals surface area contributed by atoms with E-state index < -0.39 is 11.9 Å². The van der Waals surface area contributed by atoms with Crippen LogP contribution in [0.15, 0.2) is 91.3 Å². The molecule has 1 heterocycles. The van der Waals surface area contributed by atoms with Gasteiger partial charge >= 0.3 is 5.97 Å². The Morgan fingerprint density at radius 3 is 2.39 bits per heavy atom. The topological polar surface area (TPSA) is 84.4 Å². The Morgan fingerprint density at radius 1 is 0.903 bits per heavy atom. The Kier molecular flexibility index (Phi) is 6.28. The largest absolute Gasteiger partial charge is 0.489 e. The number of hydrogen-bond donors (Lipinski definition) is 2. The average Bonchev–Trinajstić information content (AvgIpc) is 3.32. The van der Waals surface area contributed by atoms with Gasteiger partial charge in [-0.15, -0.1) is 0 Å². The number of carbonyl (C=O) groups is 1. The monoisotopic (exact) mass is 414 g/mol. The van der Waals surface area contributed by atoms with Gasteiger partial charge in [0.15, 0.2) is 0 Å². The first-order valence-corrected chi connectivity index (χ1v) is 9.93. The summed E-state index contributed by atoms with van der Waals surface area (Å²) in [5, 5.41) is 9.49. The highest BCUT2D eigenvalue weighted by atomic mass is 16.5. The number of rotatable bonds is 9. The lowest BCUT2D eigenvalue weighted by Gasteiger charge is -2.12. The van der Waals surface area contributed by atoms with Crippen molar-refractivity contribution in [3.8, 4) is 17.2 Å². The number of benzene rings is 3. The summed E-state index contributed by atoms with van der Waals surface area (Å²) >= 11 is 0. The minimum Gasteiger partial charge on any atom is -0.489 e. The zero-order chi connectivity index (χ0) is 21.5. The molecule has 0 saturated carbocycles. The molecule has 1 aromatic heterocycles. The van der Waals surface area contributed by atoms with Crippen LogP contribution in [0.5, 0.6) is 17.2 Å². The first kappa shape index (κ1) is 20.2. The minimum absolute atomic E-state index is 0.349. The van der Waals surface area contributed by atoms with Gasteiger partial charge in [0.25, 0.3) is 0 Å². The van der Waals surface area contributed by atoms with E-state index in [-0.39, 0.29) is 0 Å². The van der Waals surface area contributed by atoms with Gasteiger partial charge in [-0.05, 0) is 53.9 Å². The van der Waals surface area contributed by atoms with Crippen LogP contribution in [0.1, 0.15) is 22.9 Å². The third-order valence-electron chi connectivity index (χ3n) is 4.79. The Balaban J connectivity index is 1.35. The molecule has 3 aromatic carbocycles. The number of nitrogens with one attached hydrogen (secondary N) is 1. The molecule has 156 valence electrons. The summed E-state index contributed by atoms with van der Waals surface area (Å²) in [6, 6.07) is 24.8. The van der Waals surface area contributed by atoms with Crippen LogP contribution in [0, 0.1) is 0 Å². The van der Waals surface area contributed by atoms with E-state index in [0.717, 1.165) is 22.6 Å². The zero-order valence-corrected chi connectivity index (χ0v) is 16.8. The molecule has 1 unspecified atom stereocenters. The number of H-pyrrole nitrogens is 1. The predicted molar refractivity (Wildman–Crippen MR) is 116 cm³/mol. The lowest BCUT2D eigenvalue weighted by molar-refractivity contribution is -0.138. The summed E-state index contributed by atoms with van der Waals surface area (Å²) in [4.78, 5) is 18.5. The maximum atomic E-state index is 11.6. The number of ether oxygens (including phenoxy) is 2. The molecule has 6 heteroatoms. The van der Waals surface area contributed by atoms with Crippen molar-refractivity contribution < 1.29 is 19.4 Å². The van der Waals surface area contributed by atoms with E-state index in [2.05, 4.69) is 9.97 Å². The molecule has 0 fully saturated rings. The molecular weight excluding hydrogens is 392 g/mol. The van der Waals surface area contributed by atoms with E-state index in [1.165, 1.54) is 0 Å². The van der Waals surface area contributed by atoms with Crippen LogP contribution in [0.4, 0.5) is 0 Å². The fraction of sp³-hybridized carbons (Fsp3) is 0.120. The normalized spacial score (nSPS) is 11.6. The van der Waals surface area contributed by atoms with Crippen LogP contribution < -0.4 is 9.47 Å². The van der Waals surface area contributed by atoms with Crippen LogP contribution in [0.2, 0.25) is 0 Å². The van der Waals surface area contributed by atoms with Crippen LogP contribution in [-0.4, -0.2) is 21.0 Å².